The zero-order valence-corrected chi connectivity index (χ0v) is 21.2. The number of amides is 1. The van der Waals surface area contributed by atoms with Gasteiger partial charge in [0.25, 0.3) is 5.56 Å². The average Bonchev–Trinajstić information content (AvgIpc) is 3.72. The SMILES string of the molecule is Cn1ccc(C2CCNCC2C(=O)N(Cc2cn(Cc3cccnc3)c3ccccc23)C2CC2)cc1=O. The van der Waals surface area contributed by atoms with Crippen LogP contribution in [0.25, 0.3) is 10.9 Å². The average molecular weight is 496 g/mol. The van der Waals surface area contributed by atoms with Gasteiger partial charge in [0, 0.05) is 74.5 Å². The second-order valence-electron chi connectivity index (χ2n) is 10.5. The van der Waals surface area contributed by atoms with Gasteiger partial charge in [-0.3, -0.25) is 14.6 Å². The Bertz CT molecular complexity index is 1470. The molecule has 1 N–H and O–H groups in total. The molecule has 7 nitrogen and oxygen atoms in total. The number of nitrogens with one attached hydrogen (secondary N) is 1. The second kappa shape index (κ2) is 9.98. The van der Waals surface area contributed by atoms with Crippen LogP contribution >= 0.6 is 0 Å². The number of aromatic nitrogens is 3. The standard InChI is InChI=1S/C30H33N5O2/c1-33-14-11-22(15-29(33)36)25-10-13-32-17-27(25)30(37)35(24-8-9-24)20-23-19-34(18-21-5-4-12-31-16-21)28-7-3-2-6-26(23)28/h2-7,11-12,14-16,19,24-25,27,32H,8-10,13,17-18,20H2,1H3. The first-order valence-corrected chi connectivity index (χ1v) is 13.2. The molecule has 1 aliphatic carbocycles. The maximum absolute atomic E-state index is 14.1. The molecule has 6 rings (SSSR count). The van der Waals surface area contributed by atoms with Gasteiger partial charge in [0.1, 0.15) is 0 Å². The molecule has 0 spiro atoms. The lowest BCUT2D eigenvalue weighted by Gasteiger charge is -2.35. The maximum Gasteiger partial charge on any atom is 0.250 e. The number of para-hydroxylation sites is 1. The number of carbonyl (C=O) groups excluding carboxylic acids is 1. The molecule has 1 saturated heterocycles. The fourth-order valence-corrected chi connectivity index (χ4v) is 5.75. The lowest BCUT2D eigenvalue weighted by Crippen LogP contribution is -2.47. The van der Waals surface area contributed by atoms with Gasteiger partial charge in [0.15, 0.2) is 0 Å². The molecule has 2 atom stereocenters. The summed E-state index contributed by atoms with van der Waals surface area (Å²) in [6.07, 6.45) is 10.7. The van der Waals surface area contributed by atoms with Crippen LogP contribution in [0.15, 0.2) is 78.1 Å². The fraction of sp³-hybridized carbons (Fsp3) is 0.367. The normalized spacial score (nSPS) is 19.7. The summed E-state index contributed by atoms with van der Waals surface area (Å²) in [5.41, 5.74) is 4.44. The van der Waals surface area contributed by atoms with Crippen LogP contribution in [0, 0.1) is 5.92 Å². The molecule has 1 aliphatic heterocycles. The van der Waals surface area contributed by atoms with E-state index in [1.807, 2.05) is 24.5 Å². The molecule has 1 saturated carbocycles. The third-order valence-corrected chi connectivity index (χ3v) is 7.91. The van der Waals surface area contributed by atoms with Gasteiger partial charge < -0.3 is 19.4 Å². The van der Waals surface area contributed by atoms with E-state index in [0.717, 1.165) is 43.5 Å². The van der Waals surface area contributed by atoms with Gasteiger partial charge in [-0.05, 0) is 66.6 Å². The Labute approximate surface area is 216 Å². The van der Waals surface area contributed by atoms with Crippen LogP contribution in [0.3, 0.4) is 0 Å². The van der Waals surface area contributed by atoms with Gasteiger partial charge in [0.2, 0.25) is 5.91 Å². The molecule has 4 heterocycles. The third-order valence-electron chi connectivity index (χ3n) is 7.91. The monoisotopic (exact) mass is 495 g/mol. The highest BCUT2D eigenvalue weighted by Gasteiger charge is 2.40. The summed E-state index contributed by atoms with van der Waals surface area (Å²) in [6, 6.07) is 16.5. The highest BCUT2D eigenvalue weighted by atomic mass is 16.2. The molecule has 1 amide bonds. The van der Waals surface area contributed by atoms with E-state index in [1.165, 1.54) is 16.5 Å². The number of aryl methyl sites for hydroxylation is 1. The molecular formula is C30H33N5O2. The molecule has 0 bridgehead atoms. The number of nitrogens with zero attached hydrogens (tertiary/aromatic N) is 4. The first kappa shape index (κ1) is 23.7. The molecule has 3 aromatic heterocycles. The zero-order valence-electron chi connectivity index (χ0n) is 21.2. The van der Waals surface area contributed by atoms with E-state index in [0.29, 0.717) is 19.1 Å². The van der Waals surface area contributed by atoms with Crippen molar-refractivity contribution < 1.29 is 4.79 Å². The van der Waals surface area contributed by atoms with Gasteiger partial charge in [-0.15, -0.1) is 0 Å². The highest BCUT2D eigenvalue weighted by Crippen LogP contribution is 2.36. The van der Waals surface area contributed by atoms with E-state index < -0.39 is 0 Å². The van der Waals surface area contributed by atoms with Gasteiger partial charge in [-0.25, -0.2) is 0 Å². The Balaban J connectivity index is 1.30. The molecule has 37 heavy (non-hydrogen) atoms. The lowest BCUT2D eigenvalue weighted by molar-refractivity contribution is -0.138. The van der Waals surface area contributed by atoms with Gasteiger partial charge in [0.05, 0.1) is 5.92 Å². The van der Waals surface area contributed by atoms with E-state index in [9.17, 15) is 9.59 Å². The lowest BCUT2D eigenvalue weighted by atomic mass is 9.80. The fourth-order valence-electron chi connectivity index (χ4n) is 5.75. The summed E-state index contributed by atoms with van der Waals surface area (Å²) >= 11 is 0. The number of benzene rings is 1. The summed E-state index contributed by atoms with van der Waals surface area (Å²) < 4.78 is 3.85. The van der Waals surface area contributed by atoms with Crippen molar-refractivity contribution in [3.8, 4) is 0 Å². The smallest absolute Gasteiger partial charge is 0.250 e. The number of rotatable bonds is 7. The molecule has 0 radical (unpaired) electrons. The molecule has 2 aliphatic rings. The minimum Gasteiger partial charge on any atom is -0.343 e. The first-order chi connectivity index (χ1) is 18.1. The van der Waals surface area contributed by atoms with E-state index in [2.05, 4.69) is 56.3 Å². The van der Waals surface area contributed by atoms with Crippen LogP contribution in [-0.4, -0.2) is 44.1 Å². The van der Waals surface area contributed by atoms with E-state index >= 15 is 0 Å². The van der Waals surface area contributed by atoms with Crippen molar-refractivity contribution in [2.45, 2.75) is 44.3 Å². The van der Waals surface area contributed by atoms with Gasteiger partial charge in [-0.2, -0.15) is 0 Å². The van der Waals surface area contributed by atoms with E-state index in [-0.39, 0.29) is 23.3 Å². The van der Waals surface area contributed by atoms with Crippen LogP contribution in [-0.2, 0) is 24.9 Å². The Morgan fingerprint density at radius 1 is 1.14 bits per heavy atom. The maximum atomic E-state index is 14.1. The Kier molecular flexibility index (Phi) is 6.38. The van der Waals surface area contributed by atoms with Crippen LogP contribution in [0.4, 0.5) is 0 Å². The van der Waals surface area contributed by atoms with Crippen LogP contribution in [0.1, 0.15) is 41.9 Å². The molecule has 2 unspecified atom stereocenters. The summed E-state index contributed by atoms with van der Waals surface area (Å²) in [4.78, 5) is 32.9. The molecule has 1 aromatic carbocycles. The topological polar surface area (TPSA) is 72.2 Å². The van der Waals surface area contributed by atoms with Crippen molar-refractivity contribution in [2.75, 3.05) is 13.1 Å². The van der Waals surface area contributed by atoms with E-state index in [4.69, 9.17) is 0 Å². The van der Waals surface area contributed by atoms with E-state index in [1.54, 1.807) is 23.9 Å². The van der Waals surface area contributed by atoms with Gasteiger partial charge in [-0.1, -0.05) is 24.3 Å². The predicted molar refractivity (Wildman–Crippen MR) is 144 cm³/mol. The Morgan fingerprint density at radius 3 is 2.78 bits per heavy atom. The highest BCUT2D eigenvalue weighted by molar-refractivity contribution is 5.86. The van der Waals surface area contributed by atoms with Crippen molar-refractivity contribution in [1.82, 2.24) is 24.3 Å². The third kappa shape index (κ3) is 4.83. The van der Waals surface area contributed by atoms with Crippen molar-refractivity contribution in [1.29, 1.82) is 0 Å². The van der Waals surface area contributed by atoms with Crippen LogP contribution < -0.4 is 10.9 Å². The Morgan fingerprint density at radius 2 is 2.00 bits per heavy atom. The van der Waals surface area contributed by atoms with Crippen molar-refractivity contribution in [3.63, 3.8) is 0 Å². The van der Waals surface area contributed by atoms with Crippen LogP contribution in [0.2, 0.25) is 0 Å². The molecule has 190 valence electrons. The first-order valence-electron chi connectivity index (χ1n) is 13.2. The number of piperidine rings is 1. The second-order valence-corrected chi connectivity index (χ2v) is 10.5. The van der Waals surface area contributed by atoms with Crippen molar-refractivity contribution in [2.24, 2.45) is 13.0 Å². The number of hydrogen-bond donors (Lipinski definition) is 1. The largest absolute Gasteiger partial charge is 0.343 e. The van der Waals surface area contributed by atoms with Crippen molar-refractivity contribution >= 4 is 16.8 Å². The summed E-state index contributed by atoms with van der Waals surface area (Å²) in [7, 11) is 1.76. The molecule has 2 fully saturated rings. The summed E-state index contributed by atoms with van der Waals surface area (Å²) in [5, 5.41) is 4.63. The summed E-state index contributed by atoms with van der Waals surface area (Å²) in [5.74, 6) is 0.0745. The molecule has 7 heteroatoms. The molecular weight excluding hydrogens is 462 g/mol. The number of carbonyl (C=O) groups is 1. The zero-order chi connectivity index (χ0) is 25.4. The quantitative estimate of drug-likeness (QED) is 0.425. The number of pyridine rings is 2. The minimum atomic E-state index is -0.176. The molecule has 4 aromatic rings. The summed E-state index contributed by atoms with van der Waals surface area (Å²) in [6.45, 7) is 2.84. The predicted octanol–water partition coefficient (Wildman–Crippen LogP) is 3.67. The number of hydrogen-bond acceptors (Lipinski definition) is 4. The van der Waals surface area contributed by atoms with Gasteiger partial charge >= 0.3 is 0 Å². The van der Waals surface area contributed by atoms with Crippen LogP contribution in [0.5, 0.6) is 0 Å². The Hall–Kier alpha value is -3.71. The van der Waals surface area contributed by atoms with Crippen molar-refractivity contribution in [3.05, 3.63) is 100 Å². The minimum absolute atomic E-state index is 0.0253. The number of fused-ring (bicyclic) bond motifs is 1.